The maximum Gasteiger partial charge on any atom is 0.239 e. The first-order valence-corrected chi connectivity index (χ1v) is 10.6. The van der Waals surface area contributed by atoms with Crippen molar-refractivity contribution in [1.82, 2.24) is 4.31 Å². The van der Waals surface area contributed by atoms with E-state index in [1.165, 1.54) is 6.92 Å². The van der Waals surface area contributed by atoms with Crippen LogP contribution in [0.5, 0.6) is 0 Å². The summed E-state index contributed by atoms with van der Waals surface area (Å²) in [6, 6.07) is 13.8. The van der Waals surface area contributed by atoms with E-state index in [-0.39, 0.29) is 19.0 Å². The molecule has 0 radical (unpaired) electrons. The highest BCUT2D eigenvalue weighted by atomic mass is 79.9. The minimum Gasteiger partial charge on any atom is -0.326 e. The minimum atomic E-state index is -3.58. The fourth-order valence-corrected chi connectivity index (χ4v) is 3.32. The van der Waals surface area contributed by atoms with Crippen molar-refractivity contribution in [2.75, 3.05) is 23.4 Å². The number of hydrogen-bond acceptors (Lipinski definition) is 4. The Hall–Kier alpha value is -2.23. The molecule has 0 aliphatic carbocycles. The second-order valence-electron chi connectivity index (χ2n) is 5.97. The van der Waals surface area contributed by atoms with Gasteiger partial charge in [-0.05, 0) is 35.9 Å². The van der Waals surface area contributed by atoms with Gasteiger partial charge in [-0.25, -0.2) is 8.42 Å². The molecule has 2 N–H and O–H groups in total. The Morgan fingerprint density at radius 1 is 1.04 bits per heavy atom. The zero-order valence-corrected chi connectivity index (χ0v) is 17.3. The molecule has 0 atom stereocenters. The molecule has 0 aliphatic heterocycles. The zero-order valence-electron chi connectivity index (χ0n) is 14.9. The summed E-state index contributed by atoms with van der Waals surface area (Å²) < 4.78 is 26.1. The predicted octanol–water partition coefficient (Wildman–Crippen LogP) is 2.81. The highest BCUT2D eigenvalue weighted by Crippen LogP contribution is 2.16. The molecule has 0 spiro atoms. The Balaban J connectivity index is 2.07. The van der Waals surface area contributed by atoms with Crippen LogP contribution in [0.4, 0.5) is 11.4 Å². The fourth-order valence-electron chi connectivity index (χ4n) is 2.32. The van der Waals surface area contributed by atoms with E-state index in [9.17, 15) is 18.0 Å². The van der Waals surface area contributed by atoms with E-state index in [0.717, 1.165) is 20.6 Å². The summed E-state index contributed by atoms with van der Waals surface area (Å²) in [7, 11) is -3.58. The molecule has 2 amide bonds. The van der Waals surface area contributed by atoms with Crippen molar-refractivity contribution < 1.29 is 18.0 Å². The molecule has 0 saturated heterocycles. The summed E-state index contributed by atoms with van der Waals surface area (Å²) in [6.07, 6.45) is 1.07. The van der Waals surface area contributed by atoms with Crippen molar-refractivity contribution in [1.29, 1.82) is 0 Å². The molecule has 0 aromatic heterocycles. The van der Waals surface area contributed by atoms with Gasteiger partial charge >= 0.3 is 0 Å². The van der Waals surface area contributed by atoms with Crippen LogP contribution in [0.1, 0.15) is 12.5 Å². The van der Waals surface area contributed by atoms with Crippen LogP contribution in [0.25, 0.3) is 0 Å². The number of halogens is 1. The van der Waals surface area contributed by atoms with E-state index >= 15 is 0 Å². The Morgan fingerprint density at radius 2 is 1.63 bits per heavy atom. The Kier molecular flexibility index (Phi) is 7.11. The van der Waals surface area contributed by atoms with Gasteiger partial charge in [-0.15, -0.1) is 0 Å². The van der Waals surface area contributed by atoms with Gasteiger partial charge < -0.3 is 10.6 Å². The lowest BCUT2D eigenvalue weighted by Gasteiger charge is -2.20. The van der Waals surface area contributed by atoms with Crippen LogP contribution >= 0.6 is 15.9 Å². The van der Waals surface area contributed by atoms with Gasteiger partial charge in [-0.2, -0.15) is 4.31 Å². The SMILES string of the molecule is CC(=O)Nc1cccc(NC(=O)CN(Cc2ccc(Br)cc2)S(C)(=O)=O)c1. The third-order valence-corrected chi connectivity index (χ3v) is 5.25. The first-order valence-electron chi connectivity index (χ1n) is 8.00. The van der Waals surface area contributed by atoms with Crippen LogP contribution in [0.2, 0.25) is 0 Å². The number of carbonyl (C=O) groups excluding carboxylic acids is 2. The third-order valence-electron chi connectivity index (χ3n) is 3.53. The van der Waals surface area contributed by atoms with Crippen LogP contribution in [0, 0.1) is 0 Å². The number of nitrogens with one attached hydrogen (secondary N) is 2. The second-order valence-corrected chi connectivity index (χ2v) is 8.87. The van der Waals surface area contributed by atoms with E-state index in [4.69, 9.17) is 0 Å². The average Bonchev–Trinajstić information content (AvgIpc) is 2.55. The first-order chi connectivity index (χ1) is 12.6. The van der Waals surface area contributed by atoms with Gasteiger partial charge in [-0.3, -0.25) is 9.59 Å². The molecule has 0 fully saturated rings. The molecular formula is C18H20BrN3O4S. The number of rotatable bonds is 7. The molecule has 144 valence electrons. The lowest BCUT2D eigenvalue weighted by molar-refractivity contribution is -0.116. The summed E-state index contributed by atoms with van der Waals surface area (Å²) in [5.74, 6) is -0.700. The maximum atomic E-state index is 12.3. The summed E-state index contributed by atoms with van der Waals surface area (Å²) in [5, 5.41) is 5.27. The maximum absolute atomic E-state index is 12.3. The van der Waals surface area contributed by atoms with Crippen molar-refractivity contribution in [2.24, 2.45) is 0 Å². The van der Waals surface area contributed by atoms with E-state index < -0.39 is 15.9 Å². The zero-order chi connectivity index (χ0) is 20.0. The van der Waals surface area contributed by atoms with Crippen LogP contribution in [0.3, 0.4) is 0 Å². The molecule has 0 aliphatic rings. The number of sulfonamides is 1. The largest absolute Gasteiger partial charge is 0.326 e. The molecule has 0 heterocycles. The molecule has 0 unspecified atom stereocenters. The van der Waals surface area contributed by atoms with Crippen LogP contribution < -0.4 is 10.6 Å². The van der Waals surface area contributed by atoms with Gasteiger partial charge in [0.05, 0.1) is 12.8 Å². The van der Waals surface area contributed by atoms with Crippen LogP contribution in [-0.4, -0.2) is 37.3 Å². The topological polar surface area (TPSA) is 95.6 Å². The van der Waals surface area contributed by atoms with Gasteiger partial charge in [-0.1, -0.05) is 34.1 Å². The monoisotopic (exact) mass is 453 g/mol. The normalized spacial score (nSPS) is 11.3. The Labute approximate surface area is 166 Å². The highest BCUT2D eigenvalue weighted by molar-refractivity contribution is 9.10. The van der Waals surface area contributed by atoms with Crippen molar-refractivity contribution >= 4 is 49.1 Å². The van der Waals surface area contributed by atoms with Crippen molar-refractivity contribution in [3.63, 3.8) is 0 Å². The Morgan fingerprint density at radius 3 is 2.19 bits per heavy atom. The van der Waals surface area contributed by atoms with Gasteiger partial charge in [0.15, 0.2) is 0 Å². The molecule has 0 bridgehead atoms. The number of nitrogens with zero attached hydrogens (tertiary/aromatic N) is 1. The lowest BCUT2D eigenvalue weighted by Crippen LogP contribution is -2.36. The standard InChI is InChI=1S/C18H20BrN3O4S/c1-13(23)20-16-4-3-5-17(10-16)21-18(24)12-22(27(2,25)26)11-14-6-8-15(19)9-7-14/h3-10H,11-12H2,1-2H3,(H,20,23)(H,21,24). The molecule has 27 heavy (non-hydrogen) atoms. The smallest absolute Gasteiger partial charge is 0.239 e. The summed E-state index contributed by atoms with van der Waals surface area (Å²) in [4.78, 5) is 23.5. The molecular weight excluding hydrogens is 434 g/mol. The first kappa shape index (κ1) is 21.1. The molecule has 0 saturated carbocycles. The summed E-state index contributed by atoms with van der Waals surface area (Å²) in [6.45, 7) is 1.15. The highest BCUT2D eigenvalue weighted by Gasteiger charge is 2.20. The number of hydrogen-bond donors (Lipinski definition) is 2. The molecule has 7 nitrogen and oxygen atoms in total. The van der Waals surface area contributed by atoms with E-state index in [2.05, 4.69) is 26.6 Å². The fraction of sp³-hybridized carbons (Fsp3) is 0.222. The van der Waals surface area contributed by atoms with Crippen LogP contribution in [0.15, 0.2) is 53.0 Å². The number of benzene rings is 2. The molecule has 2 aromatic rings. The number of amides is 2. The average molecular weight is 454 g/mol. The van der Waals surface area contributed by atoms with E-state index in [0.29, 0.717) is 11.4 Å². The van der Waals surface area contributed by atoms with Gasteiger partial charge in [0.25, 0.3) is 0 Å². The van der Waals surface area contributed by atoms with Crippen LogP contribution in [-0.2, 0) is 26.2 Å². The lowest BCUT2D eigenvalue weighted by atomic mass is 10.2. The van der Waals surface area contributed by atoms with Crippen molar-refractivity contribution in [2.45, 2.75) is 13.5 Å². The number of carbonyl (C=O) groups is 2. The molecule has 9 heteroatoms. The molecule has 2 aromatic carbocycles. The van der Waals surface area contributed by atoms with Gasteiger partial charge in [0.2, 0.25) is 21.8 Å². The summed E-state index contributed by atoms with van der Waals surface area (Å²) >= 11 is 3.33. The van der Waals surface area contributed by atoms with Gasteiger partial charge in [0.1, 0.15) is 0 Å². The quantitative estimate of drug-likeness (QED) is 0.673. The van der Waals surface area contributed by atoms with Gasteiger partial charge in [0, 0.05) is 29.3 Å². The minimum absolute atomic E-state index is 0.0888. The predicted molar refractivity (Wildman–Crippen MR) is 109 cm³/mol. The number of anilines is 2. The third kappa shape index (κ3) is 7.12. The van der Waals surface area contributed by atoms with Crippen molar-refractivity contribution in [3.8, 4) is 0 Å². The molecule has 2 rings (SSSR count). The van der Waals surface area contributed by atoms with Crippen molar-refractivity contribution in [3.05, 3.63) is 58.6 Å². The second kappa shape index (κ2) is 9.12. The van der Waals surface area contributed by atoms with E-state index in [1.807, 2.05) is 12.1 Å². The van der Waals surface area contributed by atoms with E-state index in [1.54, 1.807) is 36.4 Å². The Bertz CT molecular complexity index is 930. The summed E-state index contributed by atoms with van der Waals surface area (Å²) in [5.41, 5.74) is 1.77.